The lowest BCUT2D eigenvalue weighted by atomic mass is 10.1. The Hall–Kier alpha value is -1.44. The molecule has 0 aliphatic carbocycles. The summed E-state index contributed by atoms with van der Waals surface area (Å²) < 4.78 is 24.0. The van der Waals surface area contributed by atoms with Crippen molar-refractivity contribution in [1.29, 1.82) is 0 Å². The molecule has 0 radical (unpaired) electrons. The average molecular weight is 259 g/mol. The van der Waals surface area contributed by atoms with Crippen LogP contribution < -0.4 is 0 Å². The highest BCUT2D eigenvalue weighted by atomic mass is 32.2. The number of nitrogens with zero attached hydrogens (tertiary/aromatic N) is 1. The monoisotopic (exact) mass is 259 g/mol. The summed E-state index contributed by atoms with van der Waals surface area (Å²) in [5.74, 6) is -1.29. The number of hydrogen-bond acceptors (Lipinski definition) is 4. The molecule has 0 saturated heterocycles. The molecule has 0 saturated carbocycles. The summed E-state index contributed by atoms with van der Waals surface area (Å²) >= 11 is 0. The predicted molar refractivity (Wildman–Crippen MR) is 60.8 cm³/mol. The molecule has 1 aromatic carbocycles. The van der Waals surface area contributed by atoms with E-state index >= 15 is 0 Å². The topological polar surface area (TPSA) is 83.9 Å². The van der Waals surface area contributed by atoms with Crippen molar-refractivity contribution >= 4 is 16.0 Å². The van der Waals surface area contributed by atoms with Crippen LogP contribution in [0.2, 0.25) is 0 Å². The number of aromatic carboxylic acids is 1. The van der Waals surface area contributed by atoms with E-state index in [1.165, 1.54) is 38.4 Å². The molecular weight excluding hydrogens is 246 g/mol. The van der Waals surface area contributed by atoms with Gasteiger partial charge >= 0.3 is 5.97 Å². The Labute approximate surface area is 99.4 Å². The number of hydrogen-bond donors (Lipinski definition) is 1. The number of carboxylic acid groups (broad SMARTS) is 1. The third-order valence-corrected chi connectivity index (χ3v) is 3.83. The molecule has 0 aromatic heterocycles. The van der Waals surface area contributed by atoms with E-state index in [1.54, 1.807) is 0 Å². The molecule has 17 heavy (non-hydrogen) atoms. The van der Waals surface area contributed by atoms with Crippen LogP contribution in [0.5, 0.6) is 0 Å². The SMILES string of the molecule is CON(C)S(=O)(=O)Cc1ccc(C(=O)O)cc1. The van der Waals surface area contributed by atoms with Gasteiger partial charge in [0.1, 0.15) is 0 Å². The van der Waals surface area contributed by atoms with Gasteiger partial charge in [0.05, 0.1) is 18.4 Å². The minimum atomic E-state index is -3.53. The number of carbonyl (C=O) groups is 1. The van der Waals surface area contributed by atoms with Crippen molar-refractivity contribution in [3.8, 4) is 0 Å². The summed E-state index contributed by atoms with van der Waals surface area (Å²) in [6.45, 7) is 0. The minimum Gasteiger partial charge on any atom is -0.478 e. The zero-order chi connectivity index (χ0) is 13.1. The maximum Gasteiger partial charge on any atom is 0.335 e. The molecule has 0 atom stereocenters. The number of benzene rings is 1. The van der Waals surface area contributed by atoms with Crippen molar-refractivity contribution in [2.45, 2.75) is 5.75 Å². The summed E-state index contributed by atoms with van der Waals surface area (Å²) in [5, 5.41) is 8.69. The van der Waals surface area contributed by atoms with Gasteiger partial charge in [-0.25, -0.2) is 13.2 Å². The molecule has 6 nitrogen and oxygen atoms in total. The van der Waals surface area contributed by atoms with Gasteiger partial charge in [0.25, 0.3) is 0 Å². The van der Waals surface area contributed by atoms with Gasteiger partial charge in [-0.1, -0.05) is 16.6 Å². The van der Waals surface area contributed by atoms with Crippen molar-refractivity contribution in [3.63, 3.8) is 0 Å². The van der Waals surface area contributed by atoms with Gasteiger partial charge in [-0.3, -0.25) is 4.84 Å². The van der Waals surface area contributed by atoms with Crippen molar-refractivity contribution in [2.75, 3.05) is 14.2 Å². The second-order valence-corrected chi connectivity index (χ2v) is 5.32. The lowest BCUT2D eigenvalue weighted by molar-refractivity contribution is -0.0260. The second kappa shape index (κ2) is 5.26. The normalized spacial score (nSPS) is 11.7. The van der Waals surface area contributed by atoms with Crippen LogP contribution in [0.1, 0.15) is 15.9 Å². The van der Waals surface area contributed by atoms with E-state index in [0.29, 0.717) is 5.56 Å². The van der Waals surface area contributed by atoms with Gasteiger partial charge < -0.3 is 5.11 Å². The van der Waals surface area contributed by atoms with Crippen LogP contribution >= 0.6 is 0 Å². The first-order valence-electron chi connectivity index (χ1n) is 4.70. The number of rotatable bonds is 5. The fourth-order valence-electron chi connectivity index (χ4n) is 1.16. The molecule has 94 valence electrons. The Morgan fingerprint density at radius 3 is 2.29 bits per heavy atom. The lowest BCUT2D eigenvalue weighted by Crippen LogP contribution is -2.27. The Morgan fingerprint density at radius 1 is 1.35 bits per heavy atom. The van der Waals surface area contributed by atoms with E-state index in [0.717, 1.165) is 4.47 Å². The maximum atomic E-state index is 11.6. The summed E-state index contributed by atoms with van der Waals surface area (Å²) in [6, 6.07) is 5.65. The molecule has 0 heterocycles. The smallest absolute Gasteiger partial charge is 0.335 e. The number of hydroxylamine groups is 1. The summed E-state index contributed by atoms with van der Waals surface area (Å²) in [6.07, 6.45) is 0. The molecule has 0 fully saturated rings. The van der Waals surface area contributed by atoms with E-state index < -0.39 is 16.0 Å². The molecule has 0 bridgehead atoms. The van der Waals surface area contributed by atoms with E-state index in [1.807, 2.05) is 0 Å². The lowest BCUT2D eigenvalue weighted by Gasteiger charge is -2.13. The Kier molecular flexibility index (Phi) is 4.22. The number of carboxylic acids is 1. The molecular formula is C10H13NO5S. The van der Waals surface area contributed by atoms with Gasteiger partial charge in [0.2, 0.25) is 10.0 Å². The molecule has 0 spiro atoms. The number of sulfonamides is 1. The zero-order valence-electron chi connectivity index (χ0n) is 9.45. The Bertz CT molecular complexity index is 494. The first kappa shape index (κ1) is 13.6. The summed E-state index contributed by atoms with van der Waals surface area (Å²) in [5.41, 5.74) is 0.616. The van der Waals surface area contributed by atoms with Gasteiger partial charge in [0, 0.05) is 7.05 Å². The van der Waals surface area contributed by atoms with Gasteiger partial charge in [0.15, 0.2) is 0 Å². The molecule has 0 amide bonds. The quantitative estimate of drug-likeness (QED) is 0.787. The van der Waals surface area contributed by atoms with E-state index in [2.05, 4.69) is 4.84 Å². The van der Waals surface area contributed by atoms with E-state index in [9.17, 15) is 13.2 Å². The van der Waals surface area contributed by atoms with Gasteiger partial charge in [-0.05, 0) is 17.7 Å². The predicted octanol–water partition coefficient (Wildman–Crippen LogP) is 0.708. The van der Waals surface area contributed by atoms with Crippen LogP contribution in [0.25, 0.3) is 0 Å². The highest BCUT2D eigenvalue weighted by Crippen LogP contribution is 2.11. The minimum absolute atomic E-state index is 0.117. The van der Waals surface area contributed by atoms with Crippen LogP contribution in [0.4, 0.5) is 0 Å². The Balaban J connectivity index is 2.86. The highest BCUT2D eigenvalue weighted by molar-refractivity contribution is 7.88. The third-order valence-electron chi connectivity index (χ3n) is 2.20. The molecule has 1 rings (SSSR count). The zero-order valence-corrected chi connectivity index (χ0v) is 10.3. The standard InChI is InChI=1S/C10H13NO5S/c1-11(16-2)17(14,15)7-8-3-5-9(6-4-8)10(12)13/h3-6H,7H2,1-2H3,(H,12,13). The molecule has 1 N–H and O–H groups in total. The van der Waals surface area contributed by atoms with Crippen LogP contribution in [0.3, 0.4) is 0 Å². The first-order chi connectivity index (χ1) is 7.86. The largest absolute Gasteiger partial charge is 0.478 e. The molecule has 0 unspecified atom stereocenters. The molecule has 0 aliphatic heterocycles. The fraction of sp³-hybridized carbons (Fsp3) is 0.300. The van der Waals surface area contributed by atoms with Crippen molar-refractivity contribution < 1.29 is 23.2 Å². The second-order valence-electron chi connectivity index (χ2n) is 3.35. The van der Waals surface area contributed by atoms with Crippen molar-refractivity contribution in [2.24, 2.45) is 0 Å². The summed E-state index contributed by atoms with van der Waals surface area (Å²) in [7, 11) is -0.985. The van der Waals surface area contributed by atoms with Crippen LogP contribution in [0.15, 0.2) is 24.3 Å². The third kappa shape index (κ3) is 3.52. The van der Waals surface area contributed by atoms with Crippen molar-refractivity contribution in [1.82, 2.24) is 4.47 Å². The molecule has 1 aromatic rings. The molecule has 0 aliphatic rings. The highest BCUT2D eigenvalue weighted by Gasteiger charge is 2.18. The first-order valence-corrected chi connectivity index (χ1v) is 6.30. The average Bonchev–Trinajstić information content (AvgIpc) is 2.28. The molecule has 7 heteroatoms. The van der Waals surface area contributed by atoms with Gasteiger partial charge in [-0.15, -0.1) is 0 Å². The van der Waals surface area contributed by atoms with Crippen LogP contribution in [-0.4, -0.2) is 38.1 Å². The van der Waals surface area contributed by atoms with E-state index in [4.69, 9.17) is 5.11 Å². The van der Waals surface area contributed by atoms with Crippen LogP contribution in [-0.2, 0) is 20.6 Å². The fourth-order valence-corrected chi connectivity index (χ4v) is 2.18. The summed E-state index contributed by atoms with van der Waals surface area (Å²) in [4.78, 5) is 15.2. The van der Waals surface area contributed by atoms with Crippen molar-refractivity contribution in [3.05, 3.63) is 35.4 Å². The maximum absolute atomic E-state index is 11.6. The van der Waals surface area contributed by atoms with Gasteiger partial charge in [-0.2, -0.15) is 0 Å². The Morgan fingerprint density at radius 2 is 1.88 bits per heavy atom. The van der Waals surface area contributed by atoms with Crippen LogP contribution in [0, 0.1) is 0 Å². The van der Waals surface area contributed by atoms with E-state index in [-0.39, 0.29) is 11.3 Å².